The number of amides is 3. The average molecular weight is 870 g/mol. The van der Waals surface area contributed by atoms with E-state index in [1.54, 1.807) is 12.0 Å². The van der Waals surface area contributed by atoms with Gasteiger partial charge in [0.2, 0.25) is 11.8 Å². The van der Waals surface area contributed by atoms with Gasteiger partial charge in [0.05, 0.1) is 24.9 Å². The van der Waals surface area contributed by atoms with Crippen LogP contribution in [0, 0.1) is 12.8 Å². The lowest BCUT2D eigenvalue weighted by Gasteiger charge is -2.30. The van der Waals surface area contributed by atoms with Crippen LogP contribution >= 0.6 is 11.3 Å². The standard InChI is InChI=1S/C45H55N7O7S2/c1-28(2)36-27-60-42(48-36)35-24-39(33-19-20-38(58-4)29(3)40(33)47-35)59-32-23-37-41(53)49-45(44(55)50-61(56,57)51-21-13-14-22-51)25-30(45)15-9-6-5-7-12-18-34(43(54)52(37)26-32)46-31-16-10-8-11-17-31/h8-11,15-17,19-20,24,27-28,30,32,34,37,46H,5-7,12-14,18,21-23,25-26H2,1-4H3,(H,49,53)(H,50,55)/b15-9-/t30-,32-,34+,37+,45-/m1/s1. The summed E-state index contributed by atoms with van der Waals surface area (Å²) in [4.78, 5) is 55.2. The zero-order chi connectivity index (χ0) is 42.9. The first kappa shape index (κ1) is 42.6. The van der Waals surface area contributed by atoms with Crippen molar-refractivity contribution in [2.75, 3.05) is 32.1 Å². The molecule has 4 aromatic rings. The van der Waals surface area contributed by atoms with Crippen LogP contribution in [0.2, 0.25) is 0 Å². The van der Waals surface area contributed by atoms with Gasteiger partial charge in [-0.3, -0.25) is 14.4 Å². The molecule has 0 spiro atoms. The summed E-state index contributed by atoms with van der Waals surface area (Å²) in [7, 11) is -2.50. The number of allylic oxidation sites excluding steroid dienone is 1. The van der Waals surface area contributed by atoms with E-state index in [1.807, 2.05) is 73.0 Å². The summed E-state index contributed by atoms with van der Waals surface area (Å²) in [5.41, 5.74) is 2.41. The molecule has 0 unspecified atom stereocenters. The highest BCUT2D eigenvalue weighted by Crippen LogP contribution is 2.46. The molecule has 14 nitrogen and oxygen atoms in total. The largest absolute Gasteiger partial charge is 0.496 e. The Morgan fingerprint density at radius 1 is 1.02 bits per heavy atom. The van der Waals surface area contributed by atoms with Crippen LogP contribution in [-0.4, -0.2) is 95.8 Å². The zero-order valence-corrected chi connectivity index (χ0v) is 36.8. The molecular formula is C45H55N7O7S2. The van der Waals surface area contributed by atoms with Crippen molar-refractivity contribution < 1.29 is 32.3 Å². The summed E-state index contributed by atoms with van der Waals surface area (Å²) in [5, 5.41) is 9.96. The molecule has 3 N–H and O–H groups in total. The van der Waals surface area contributed by atoms with Gasteiger partial charge in [-0.2, -0.15) is 12.7 Å². The third-order valence-corrected chi connectivity index (χ3v) is 14.8. The number of aryl methyl sites for hydroxylation is 1. The molecule has 2 aromatic carbocycles. The summed E-state index contributed by atoms with van der Waals surface area (Å²) in [6.07, 6.45) is 8.92. The molecule has 3 amide bonds. The number of carbonyl (C=O) groups is 3. The summed E-state index contributed by atoms with van der Waals surface area (Å²) in [6, 6.07) is 13.5. The number of hydrogen-bond donors (Lipinski definition) is 3. The summed E-state index contributed by atoms with van der Waals surface area (Å²) in [6.45, 7) is 6.88. The van der Waals surface area contributed by atoms with Gasteiger partial charge in [0.15, 0.2) is 0 Å². The van der Waals surface area contributed by atoms with E-state index >= 15 is 0 Å². The first-order chi connectivity index (χ1) is 29.4. The lowest BCUT2D eigenvalue weighted by Crippen LogP contribution is -2.58. The number of methoxy groups -OCH3 is 1. The number of carbonyl (C=O) groups excluding carboxylic acids is 3. The van der Waals surface area contributed by atoms with E-state index in [0.29, 0.717) is 55.1 Å². The molecule has 4 aliphatic rings. The molecule has 1 saturated carbocycles. The highest BCUT2D eigenvalue weighted by atomic mass is 32.2. The fourth-order valence-corrected chi connectivity index (χ4v) is 11.0. The number of rotatable bonds is 10. The van der Waals surface area contributed by atoms with Crippen LogP contribution in [-0.2, 0) is 24.6 Å². The van der Waals surface area contributed by atoms with Crippen LogP contribution in [0.3, 0.4) is 0 Å². The molecular weight excluding hydrogens is 815 g/mol. The van der Waals surface area contributed by atoms with Gasteiger partial charge in [-0.25, -0.2) is 14.7 Å². The molecule has 2 saturated heterocycles. The van der Waals surface area contributed by atoms with E-state index in [1.165, 1.54) is 15.6 Å². The highest BCUT2D eigenvalue weighted by molar-refractivity contribution is 7.87. The Hall–Kier alpha value is -5.06. The third kappa shape index (κ3) is 8.98. The number of ether oxygens (including phenoxy) is 2. The van der Waals surface area contributed by atoms with E-state index in [2.05, 4.69) is 29.2 Å². The molecule has 8 rings (SSSR count). The van der Waals surface area contributed by atoms with Crippen LogP contribution in [0.15, 0.2) is 66.1 Å². The number of nitrogens with one attached hydrogen (secondary N) is 3. The third-order valence-electron chi connectivity index (χ3n) is 12.4. The first-order valence-corrected chi connectivity index (χ1v) is 23.7. The topological polar surface area (TPSA) is 172 Å². The Morgan fingerprint density at radius 3 is 2.54 bits per heavy atom. The number of fused-ring (bicyclic) bond motifs is 3. The Balaban J connectivity index is 1.14. The van der Waals surface area contributed by atoms with Crippen LogP contribution in [0.5, 0.6) is 11.5 Å². The van der Waals surface area contributed by atoms with Crippen LogP contribution in [0.4, 0.5) is 5.69 Å². The fourth-order valence-electron chi connectivity index (χ4n) is 8.76. The zero-order valence-electron chi connectivity index (χ0n) is 35.2. The Labute approximate surface area is 361 Å². The van der Waals surface area contributed by atoms with Crippen molar-refractivity contribution in [2.45, 2.75) is 108 Å². The molecule has 3 fully saturated rings. The van der Waals surface area contributed by atoms with Gasteiger partial charge in [0.25, 0.3) is 5.91 Å². The maximum absolute atomic E-state index is 14.9. The van der Waals surface area contributed by atoms with Gasteiger partial charge >= 0.3 is 10.2 Å². The monoisotopic (exact) mass is 869 g/mol. The molecule has 16 heteroatoms. The maximum atomic E-state index is 14.9. The van der Waals surface area contributed by atoms with Crippen molar-refractivity contribution in [3.05, 3.63) is 77.3 Å². The second-order valence-corrected chi connectivity index (χ2v) is 19.5. The maximum Gasteiger partial charge on any atom is 0.303 e. The molecule has 5 atom stereocenters. The van der Waals surface area contributed by atoms with Gasteiger partial charge < -0.3 is 25.0 Å². The summed E-state index contributed by atoms with van der Waals surface area (Å²) >= 11 is 1.51. The summed E-state index contributed by atoms with van der Waals surface area (Å²) in [5.74, 6) is -0.541. The Bertz CT molecular complexity index is 2420. The number of para-hydroxylation sites is 1. The quantitative estimate of drug-likeness (QED) is 0.150. The van der Waals surface area contributed by atoms with Crippen LogP contribution in [0.1, 0.15) is 88.8 Å². The van der Waals surface area contributed by atoms with Crippen LogP contribution < -0.4 is 24.8 Å². The molecule has 5 heterocycles. The van der Waals surface area contributed by atoms with E-state index in [4.69, 9.17) is 19.4 Å². The van der Waals surface area contributed by atoms with E-state index in [9.17, 15) is 22.8 Å². The molecule has 324 valence electrons. The van der Waals surface area contributed by atoms with Crippen LogP contribution in [0.25, 0.3) is 21.6 Å². The molecule has 3 aliphatic heterocycles. The van der Waals surface area contributed by atoms with Crippen molar-refractivity contribution in [3.8, 4) is 22.2 Å². The molecule has 0 radical (unpaired) electrons. The number of pyridine rings is 1. The second-order valence-electron chi connectivity index (χ2n) is 17.0. The smallest absolute Gasteiger partial charge is 0.303 e. The molecule has 1 aliphatic carbocycles. The van der Waals surface area contributed by atoms with Crippen molar-refractivity contribution in [1.82, 2.24) is 29.2 Å². The van der Waals surface area contributed by atoms with E-state index in [-0.39, 0.29) is 31.2 Å². The average Bonchev–Trinajstić information content (AvgIpc) is 3.75. The molecule has 2 aromatic heterocycles. The van der Waals surface area contributed by atoms with Gasteiger partial charge in [0, 0.05) is 53.5 Å². The fraction of sp³-hybridized carbons (Fsp3) is 0.489. The first-order valence-electron chi connectivity index (χ1n) is 21.4. The van der Waals surface area contributed by atoms with E-state index < -0.39 is 51.7 Å². The van der Waals surface area contributed by atoms with Crippen molar-refractivity contribution >= 4 is 55.9 Å². The number of thiazole rings is 1. The normalized spacial score (nSPS) is 25.6. The SMILES string of the molecule is COc1ccc2c(O[C@@H]3C[C@H]4C(=O)N[C@]5(C(=O)NS(=O)(=O)N6CCCC6)C[C@H]5/C=C\CCCCC[C@H](Nc5ccccc5)C(=O)N4C3)cc(-c3nc(C(C)C)cs3)nc2c1C. The van der Waals surface area contributed by atoms with Crippen molar-refractivity contribution in [3.63, 3.8) is 0 Å². The lowest BCUT2D eigenvalue weighted by atomic mass is 10.0. The Morgan fingerprint density at radius 2 is 1.80 bits per heavy atom. The minimum absolute atomic E-state index is 0.0960. The van der Waals surface area contributed by atoms with Gasteiger partial charge in [-0.05, 0) is 75.6 Å². The number of nitrogens with zero attached hydrogens (tertiary/aromatic N) is 4. The number of benzene rings is 2. The van der Waals surface area contributed by atoms with Crippen molar-refractivity contribution in [2.24, 2.45) is 5.92 Å². The van der Waals surface area contributed by atoms with Gasteiger partial charge in [0.1, 0.15) is 45.9 Å². The van der Waals surface area contributed by atoms with Crippen molar-refractivity contribution in [1.29, 1.82) is 0 Å². The number of aromatic nitrogens is 2. The highest BCUT2D eigenvalue weighted by Gasteiger charge is 2.62. The van der Waals surface area contributed by atoms with Gasteiger partial charge in [-0.15, -0.1) is 11.3 Å². The number of hydrogen-bond acceptors (Lipinski definition) is 11. The second kappa shape index (κ2) is 17.7. The summed E-state index contributed by atoms with van der Waals surface area (Å²) < 4.78 is 42.8. The van der Waals surface area contributed by atoms with E-state index in [0.717, 1.165) is 53.0 Å². The molecule has 0 bridgehead atoms. The predicted molar refractivity (Wildman–Crippen MR) is 236 cm³/mol. The minimum Gasteiger partial charge on any atom is -0.496 e. The predicted octanol–water partition coefficient (Wildman–Crippen LogP) is 6.48. The minimum atomic E-state index is -4.11. The number of anilines is 1. The molecule has 61 heavy (non-hydrogen) atoms. The Kier molecular flexibility index (Phi) is 12.4. The van der Waals surface area contributed by atoms with Gasteiger partial charge in [-0.1, -0.05) is 57.0 Å². The lowest BCUT2D eigenvalue weighted by molar-refractivity contribution is -0.140.